The second-order valence-electron chi connectivity index (χ2n) is 5.94. The summed E-state index contributed by atoms with van der Waals surface area (Å²) in [5.74, 6) is 1.56. The zero-order chi connectivity index (χ0) is 17.5. The molecule has 1 heterocycles. The SMILES string of the molecule is CCOc1cc(CN=C(N)N2CCC(C)CC2)ccc1OC(F)F. The lowest BCUT2D eigenvalue weighted by atomic mass is 10.00. The first kappa shape index (κ1) is 18.3. The van der Waals surface area contributed by atoms with Gasteiger partial charge in [0.05, 0.1) is 13.2 Å². The van der Waals surface area contributed by atoms with E-state index in [0.29, 0.717) is 19.1 Å². The zero-order valence-electron chi connectivity index (χ0n) is 14.2. The molecule has 134 valence electrons. The molecule has 1 saturated heterocycles. The summed E-state index contributed by atoms with van der Waals surface area (Å²) in [4.78, 5) is 6.49. The minimum Gasteiger partial charge on any atom is -0.490 e. The number of halogens is 2. The molecule has 0 bridgehead atoms. The van der Waals surface area contributed by atoms with E-state index in [2.05, 4.69) is 21.6 Å². The number of nitrogens with zero attached hydrogens (tertiary/aromatic N) is 2. The number of likely N-dealkylation sites (tertiary alicyclic amines) is 1. The monoisotopic (exact) mass is 341 g/mol. The minimum absolute atomic E-state index is 0.0255. The lowest BCUT2D eigenvalue weighted by molar-refractivity contribution is -0.0514. The summed E-state index contributed by atoms with van der Waals surface area (Å²) in [6.07, 6.45) is 2.23. The van der Waals surface area contributed by atoms with Crippen LogP contribution in [0.1, 0.15) is 32.3 Å². The van der Waals surface area contributed by atoms with Gasteiger partial charge in [0.25, 0.3) is 0 Å². The van der Waals surface area contributed by atoms with Crippen LogP contribution in [0, 0.1) is 5.92 Å². The maximum absolute atomic E-state index is 12.4. The van der Waals surface area contributed by atoms with Crippen LogP contribution in [0.3, 0.4) is 0 Å². The lowest BCUT2D eigenvalue weighted by Gasteiger charge is -2.31. The van der Waals surface area contributed by atoms with Gasteiger partial charge in [-0.2, -0.15) is 8.78 Å². The topological polar surface area (TPSA) is 60.1 Å². The molecule has 0 aliphatic carbocycles. The van der Waals surface area contributed by atoms with Crippen LogP contribution >= 0.6 is 0 Å². The standard InChI is InChI=1S/C17H25F2N3O2/c1-3-23-15-10-13(4-5-14(15)24-16(18)19)11-21-17(20)22-8-6-12(2)7-9-22/h4-5,10,12,16H,3,6-9,11H2,1-2H3,(H2,20,21). The highest BCUT2D eigenvalue weighted by atomic mass is 19.3. The van der Waals surface area contributed by atoms with E-state index >= 15 is 0 Å². The van der Waals surface area contributed by atoms with E-state index in [4.69, 9.17) is 10.5 Å². The van der Waals surface area contributed by atoms with Gasteiger partial charge in [0.2, 0.25) is 0 Å². The van der Waals surface area contributed by atoms with Crippen LogP contribution < -0.4 is 15.2 Å². The Hall–Kier alpha value is -2.05. The van der Waals surface area contributed by atoms with Crippen LogP contribution in [0.5, 0.6) is 11.5 Å². The van der Waals surface area contributed by atoms with Gasteiger partial charge in [-0.25, -0.2) is 4.99 Å². The van der Waals surface area contributed by atoms with Crippen molar-refractivity contribution >= 4 is 5.96 Å². The van der Waals surface area contributed by atoms with E-state index in [1.54, 1.807) is 19.1 Å². The first-order chi connectivity index (χ1) is 11.5. The highest BCUT2D eigenvalue weighted by Gasteiger charge is 2.17. The fourth-order valence-corrected chi connectivity index (χ4v) is 2.62. The van der Waals surface area contributed by atoms with Crippen molar-refractivity contribution in [3.8, 4) is 11.5 Å². The number of benzene rings is 1. The number of rotatable bonds is 6. The van der Waals surface area contributed by atoms with Gasteiger partial charge in [-0.3, -0.25) is 0 Å². The highest BCUT2D eigenvalue weighted by Crippen LogP contribution is 2.30. The predicted octanol–water partition coefficient (Wildman–Crippen LogP) is 3.23. The number of aliphatic imine (C=N–C) groups is 1. The summed E-state index contributed by atoms with van der Waals surface area (Å²) in [6, 6.07) is 4.83. The molecule has 1 aliphatic rings. The highest BCUT2D eigenvalue weighted by molar-refractivity contribution is 5.78. The smallest absolute Gasteiger partial charge is 0.387 e. The molecule has 24 heavy (non-hydrogen) atoms. The molecule has 0 aromatic heterocycles. The van der Waals surface area contributed by atoms with Crippen LogP contribution in [0.25, 0.3) is 0 Å². The van der Waals surface area contributed by atoms with E-state index in [0.717, 1.165) is 37.4 Å². The summed E-state index contributed by atoms with van der Waals surface area (Å²) in [7, 11) is 0. The molecular weight excluding hydrogens is 316 g/mol. The average molecular weight is 341 g/mol. The van der Waals surface area contributed by atoms with Crippen molar-refractivity contribution in [2.75, 3.05) is 19.7 Å². The summed E-state index contributed by atoms with van der Waals surface area (Å²) >= 11 is 0. The van der Waals surface area contributed by atoms with Gasteiger partial charge in [0, 0.05) is 13.1 Å². The van der Waals surface area contributed by atoms with Crippen molar-refractivity contribution in [2.24, 2.45) is 16.6 Å². The molecule has 0 atom stereocenters. The average Bonchev–Trinajstić information content (AvgIpc) is 2.55. The van der Waals surface area contributed by atoms with E-state index in [9.17, 15) is 8.78 Å². The largest absolute Gasteiger partial charge is 0.490 e. The van der Waals surface area contributed by atoms with Crippen molar-refractivity contribution in [1.29, 1.82) is 0 Å². The van der Waals surface area contributed by atoms with Gasteiger partial charge in [-0.1, -0.05) is 13.0 Å². The predicted molar refractivity (Wildman–Crippen MR) is 89.5 cm³/mol. The van der Waals surface area contributed by atoms with Gasteiger partial charge in [-0.15, -0.1) is 0 Å². The molecule has 7 heteroatoms. The first-order valence-electron chi connectivity index (χ1n) is 8.25. The fraction of sp³-hybridized carbons (Fsp3) is 0.588. The zero-order valence-corrected chi connectivity index (χ0v) is 14.2. The molecule has 5 nitrogen and oxygen atoms in total. The molecule has 2 N–H and O–H groups in total. The molecule has 1 fully saturated rings. The summed E-state index contributed by atoms with van der Waals surface area (Å²) in [5, 5.41) is 0. The third-order valence-corrected chi connectivity index (χ3v) is 4.06. The van der Waals surface area contributed by atoms with Crippen molar-refractivity contribution < 1.29 is 18.3 Å². The molecule has 1 aromatic rings. The third kappa shape index (κ3) is 5.25. The molecule has 2 rings (SSSR count). The van der Waals surface area contributed by atoms with Crippen molar-refractivity contribution in [2.45, 2.75) is 39.8 Å². The molecule has 0 amide bonds. The Kier molecular flexibility index (Phi) is 6.63. The van der Waals surface area contributed by atoms with Crippen LogP contribution in [0.4, 0.5) is 8.78 Å². The molecule has 1 aliphatic heterocycles. The fourth-order valence-electron chi connectivity index (χ4n) is 2.62. The number of hydrogen-bond acceptors (Lipinski definition) is 3. The lowest BCUT2D eigenvalue weighted by Crippen LogP contribution is -2.42. The Morgan fingerprint density at radius 3 is 2.67 bits per heavy atom. The van der Waals surface area contributed by atoms with Crippen LogP contribution in [-0.4, -0.2) is 37.2 Å². The molecule has 0 unspecified atom stereocenters. The third-order valence-electron chi connectivity index (χ3n) is 4.06. The van der Waals surface area contributed by atoms with Crippen LogP contribution in [0.2, 0.25) is 0 Å². The second-order valence-corrected chi connectivity index (χ2v) is 5.94. The number of guanidine groups is 1. The molecule has 0 saturated carbocycles. The maximum atomic E-state index is 12.4. The summed E-state index contributed by atoms with van der Waals surface area (Å²) in [6.45, 7) is 3.71. The van der Waals surface area contributed by atoms with E-state index < -0.39 is 6.61 Å². The minimum atomic E-state index is -2.88. The van der Waals surface area contributed by atoms with Crippen molar-refractivity contribution in [1.82, 2.24) is 4.90 Å². The van der Waals surface area contributed by atoms with Gasteiger partial charge in [0.1, 0.15) is 0 Å². The van der Waals surface area contributed by atoms with Crippen LogP contribution in [-0.2, 0) is 6.54 Å². The van der Waals surface area contributed by atoms with Crippen molar-refractivity contribution in [3.05, 3.63) is 23.8 Å². The Morgan fingerprint density at radius 1 is 1.33 bits per heavy atom. The van der Waals surface area contributed by atoms with Gasteiger partial charge >= 0.3 is 6.61 Å². The Balaban J connectivity index is 2.03. The number of piperidine rings is 1. The molecule has 1 aromatic carbocycles. The van der Waals surface area contributed by atoms with Gasteiger partial charge in [-0.05, 0) is 43.4 Å². The van der Waals surface area contributed by atoms with E-state index in [1.165, 1.54) is 6.07 Å². The quantitative estimate of drug-likeness (QED) is 0.637. The van der Waals surface area contributed by atoms with Crippen molar-refractivity contribution in [3.63, 3.8) is 0 Å². The molecule has 0 radical (unpaired) electrons. The normalized spacial score (nSPS) is 16.5. The second kappa shape index (κ2) is 8.70. The first-order valence-corrected chi connectivity index (χ1v) is 8.25. The van der Waals surface area contributed by atoms with E-state index in [1.807, 2.05) is 0 Å². The summed E-state index contributed by atoms with van der Waals surface area (Å²) < 4.78 is 34.6. The number of nitrogens with two attached hydrogens (primary N) is 1. The summed E-state index contributed by atoms with van der Waals surface area (Å²) in [5.41, 5.74) is 6.88. The van der Waals surface area contributed by atoms with E-state index in [-0.39, 0.29) is 11.5 Å². The maximum Gasteiger partial charge on any atom is 0.387 e. The van der Waals surface area contributed by atoms with Gasteiger partial charge in [0.15, 0.2) is 17.5 Å². The number of alkyl halides is 2. The number of hydrogen-bond donors (Lipinski definition) is 1. The molecular formula is C17H25F2N3O2. The Bertz CT molecular complexity index is 559. The van der Waals surface area contributed by atoms with Crippen LogP contribution in [0.15, 0.2) is 23.2 Å². The van der Waals surface area contributed by atoms with Gasteiger partial charge < -0.3 is 20.1 Å². The Morgan fingerprint density at radius 2 is 2.04 bits per heavy atom. The number of ether oxygens (including phenoxy) is 2. The Labute approximate surface area is 141 Å². The molecule has 0 spiro atoms.